The van der Waals surface area contributed by atoms with Crippen molar-refractivity contribution in [1.82, 2.24) is 31.2 Å². The van der Waals surface area contributed by atoms with Gasteiger partial charge in [0.25, 0.3) is 0 Å². The van der Waals surface area contributed by atoms with Gasteiger partial charge in [0.05, 0.1) is 18.2 Å². The molecule has 0 aliphatic carbocycles. The highest BCUT2D eigenvalue weighted by molar-refractivity contribution is 5.89. The van der Waals surface area contributed by atoms with Crippen molar-refractivity contribution in [3.63, 3.8) is 0 Å². The number of aryl methyl sites for hydroxylation is 2. The van der Waals surface area contributed by atoms with E-state index >= 15 is 0 Å². The lowest BCUT2D eigenvalue weighted by atomic mass is 9.91. The molecule has 4 atom stereocenters. The topological polar surface area (TPSA) is 162 Å². The van der Waals surface area contributed by atoms with Crippen molar-refractivity contribution < 1.29 is 24.3 Å². The minimum absolute atomic E-state index is 0.158. The monoisotopic (exact) mass is 734 g/mol. The Morgan fingerprint density at radius 3 is 1.24 bits per heavy atom. The van der Waals surface area contributed by atoms with E-state index in [2.05, 4.69) is 31.2 Å². The van der Waals surface area contributed by atoms with Crippen LogP contribution in [0.3, 0.4) is 0 Å². The van der Waals surface area contributed by atoms with Crippen LogP contribution in [-0.4, -0.2) is 69.0 Å². The number of pyridine rings is 2. The molecule has 11 heteroatoms. The number of amides is 4. The number of aliphatic hydroxyl groups is 1. The molecule has 4 aromatic rings. The Balaban J connectivity index is 1.54. The number of carbonyl (C=O) groups excluding carboxylic acids is 4. The fraction of sp³-hybridized carbons (Fsp3) is 0.395. The fourth-order valence-corrected chi connectivity index (χ4v) is 6.21. The number of benzene rings is 2. The minimum Gasteiger partial charge on any atom is -0.389 e. The summed E-state index contributed by atoms with van der Waals surface area (Å²) in [4.78, 5) is 62.6. The van der Waals surface area contributed by atoms with Crippen molar-refractivity contribution in [3.05, 3.63) is 132 Å². The lowest BCUT2D eigenvalue weighted by Crippen LogP contribution is -2.61. The second-order valence-electron chi connectivity index (χ2n) is 14.3. The van der Waals surface area contributed by atoms with Gasteiger partial charge in [-0.2, -0.15) is 0 Å². The molecule has 0 bridgehead atoms. The van der Waals surface area contributed by atoms with Crippen molar-refractivity contribution in [3.8, 4) is 0 Å². The third kappa shape index (κ3) is 13.5. The molecule has 0 spiro atoms. The molecule has 2 heterocycles. The number of nitrogens with one attached hydrogen (secondary N) is 4. The molecule has 0 saturated heterocycles. The van der Waals surface area contributed by atoms with Crippen LogP contribution in [0.2, 0.25) is 0 Å². The standard InChI is InChI=1S/C43H54N6O5/c1-29(2)39(48-37(50)23-21-33-19-11-13-25-44-33)42(53)46-35(27-31-15-7-5-8-16-31)41(52)36(28-32-17-9-6-10-18-32)47-43(54)40(30(3)4)49-38(51)24-22-34-20-12-14-26-45-34/h5-20,25-26,29-30,35-36,39-41,52H,21-24,27-28H2,1-4H3,(H,46,53)(H,47,54)(H,48,50)(H,49,51)/t35-,36-,39-,40-/m0/s1. The number of hydrogen-bond donors (Lipinski definition) is 5. The van der Waals surface area contributed by atoms with Gasteiger partial charge in [0, 0.05) is 36.6 Å². The Bertz CT molecular complexity index is 1610. The quantitative estimate of drug-likeness (QED) is 0.0912. The summed E-state index contributed by atoms with van der Waals surface area (Å²) in [6.07, 6.45) is 3.77. The third-order valence-electron chi connectivity index (χ3n) is 9.28. The molecule has 286 valence electrons. The van der Waals surface area contributed by atoms with Gasteiger partial charge in [0.15, 0.2) is 0 Å². The third-order valence-corrected chi connectivity index (χ3v) is 9.28. The molecular weight excluding hydrogens is 681 g/mol. The maximum atomic E-state index is 14.0. The molecule has 0 fully saturated rings. The molecule has 0 aliphatic heterocycles. The Hall–Kier alpha value is -5.42. The second-order valence-corrected chi connectivity index (χ2v) is 14.3. The summed E-state index contributed by atoms with van der Waals surface area (Å²) >= 11 is 0. The van der Waals surface area contributed by atoms with Crippen LogP contribution < -0.4 is 21.3 Å². The maximum absolute atomic E-state index is 14.0. The fourth-order valence-electron chi connectivity index (χ4n) is 6.21. The molecule has 0 saturated carbocycles. The number of rotatable bonds is 20. The van der Waals surface area contributed by atoms with Gasteiger partial charge < -0.3 is 26.4 Å². The molecule has 4 rings (SSSR count). The summed E-state index contributed by atoms with van der Waals surface area (Å²) in [5.74, 6) is -1.98. The molecular formula is C43H54N6O5. The summed E-state index contributed by atoms with van der Waals surface area (Å²) in [6.45, 7) is 7.39. The number of nitrogens with zero attached hydrogens (tertiary/aromatic N) is 2. The van der Waals surface area contributed by atoms with E-state index < -0.39 is 42.1 Å². The van der Waals surface area contributed by atoms with Gasteiger partial charge >= 0.3 is 0 Å². The lowest BCUT2D eigenvalue weighted by Gasteiger charge is -2.34. The van der Waals surface area contributed by atoms with Crippen molar-refractivity contribution in [2.45, 2.75) is 96.5 Å². The van der Waals surface area contributed by atoms with Gasteiger partial charge in [0.2, 0.25) is 23.6 Å². The molecule has 4 amide bonds. The maximum Gasteiger partial charge on any atom is 0.243 e. The molecule has 0 radical (unpaired) electrons. The van der Waals surface area contributed by atoms with Crippen LogP contribution in [-0.2, 0) is 44.9 Å². The van der Waals surface area contributed by atoms with E-state index in [0.717, 1.165) is 22.5 Å². The minimum atomic E-state index is -1.27. The highest BCUT2D eigenvalue weighted by Gasteiger charge is 2.35. The van der Waals surface area contributed by atoms with Crippen molar-refractivity contribution in [2.24, 2.45) is 11.8 Å². The average Bonchev–Trinajstić information content (AvgIpc) is 3.17. The second kappa shape index (κ2) is 21.3. The molecule has 5 N–H and O–H groups in total. The molecule has 11 nitrogen and oxygen atoms in total. The Morgan fingerprint density at radius 1 is 0.537 bits per heavy atom. The number of carbonyl (C=O) groups is 4. The van der Waals surface area contributed by atoms with Crippen molar-refractivity contribution >= 4 is 23.6 Å². The highest BCUT2D eigenvalue weighted by Crippen LogP contribution is 2.16. The van der Waals surface area contributed by atoms with E-state index in [4.69, 9.17) is 0 Å². The summed E-state index contributed by atoms with van der Waals surface area (Å²) in [7, 11) is 0. The van der Waals surface area contributed by atoms with E-state index in [-0.39, 0.29) is 49.3 Å². The summed E-state index contributed by atoms with van der Waals surface area (Å²) in [5, 5.41) is 24.0. The van der Waals surface area contributed by atoms with Crippen LogP contribution >= 0.6 is 0 Å². The van der Waals surface area contributed by atoms with E-state index in [1.54, 1.807) is 12.4 Å². The summed E-state index contributed by atoms with van der Waals surface area (Å²) in [6, 6.07) is 26.5. The molecule has 54 heavy (non-hydrogen) atoms. The Labute approximate surface area is 318 Å². The predicted octanol–water partition coefficient (Wildman–Crippen LogP) is 4.14. The summed E-state index contributed by atoms with van der Waals surface area (Å²) < 4.78 is 0. The zero-order valence-corrected chi connectivity index (χ0v) is 31.7. The van der Waals surface area contributed by atoms with Crippen LogP contribution in [0.25, 0.3) is 0 Å². The van der Waals surface area contributed by atoms with Crippen molar-refractivity contribution in [1.29, 1.82) is 0 Å². The van der Waals surface area contributed by atoms with E-state index in [9.17, 15) is 24.3 Å². The molecule has 0 aliphatic rings. The van der Waals surface area contributed by atoms with Gasteiger partial charge in [-0.25, -0.2) is 0 Å². The molecule has 2 aromatic carbocycles. The largest absolute Gasteiger partial charge is 0.389 e. The first kappa shape index (κ1) is 41.3. The van der Waals surface area contributed by atoms with Crippen molar-refractivity contribution in [2.75, 3.05) is 0 Å². The van der Waals surface area contributed by atoms with Crippen LogP contribution in [0.4, 0.5) is 0 Å². The Kier molecular flexibility index (Phi) is 16.3. The van der Waals surface area contributed by atoms with Gasteiger partial charge in [-0.1, -0.05) is 100 Å². The number of hydrogen-bond acceptors (Lipinski definition) is 7. The van der Waals surface area contributed by atoms with E-state index in [1.807, 2.05) is 125 Å². The van der Waals surface area contributed by atoms with Gasteiger partial charge in [0.1, 0.15) is 12.1 Å². The van der Waals surface area contributed by atoms with Gasteiger partial charge in [-0.15, -0.1) is 0 Å². The Morgan fingerprint density at radius 2 is 0.907 bits per heavy atom. The average molecular weight is 735 g/mol. The first-order chi connectivity index (χ1) is 26.0. The number of aliphatic hydroxyl groups excluding tert-OH is 1. The van der Waals surface area contributed by atoms with Gasteiger partial charge in [-0.3, -0.25) is 29.1 Å². The van der Waals surface area contributed by atoms with Crippen LogP contribution in [0.15, 0.2) is 109 Å². The number of aromatic nitrogens is 2. The first-order valence-corrected chi connectivity index (χ1v) is 18.7. The predicted molar refractivity (Wildman–Crippen MR) is 209 cm³/mol. The highest BCUT2D eigenvalue weighted by atomic mass is 16.3. The van der Waals surface area contributed by atoms with E-state index in [1.165, 1.54) is 0 Å². The van der Waals surface area contributed by atoms with Crippen LogP contribution in [0, 0.1) is 11.8 Å². The lowest BCUT2D eigenvalue weighted by molar-refractivity contribution is -0.132. The normalized spacial score (nSPS) is 13.5. The zero-order valence-electron chi connectivity index (χ0n) is 31.7. The zero-order chi connectivity index (χ0) is 38.9. The molecule has 2 aromatic heterocycles. The molecule has 0 unspecified atom stereocenters. The first-order valence-electron chi connectivity index (χ1n) is 18.7. The van der Waals surface area contributed by atoms with Gasteiger partial charge in [-0.05, 0) is 72.9 Å². The SMILES string of the molecule is CC(C)[C@H](NC(=O)CCc1ccccn1)C(=O)N[C@@H](Cc1ccccc1)C(O)[C@H](Cc1ccccc1)NC(=O)[C@@H](NC(=O)CCc1ccccn1)C(C)C. The smallest absolute Gasteiger partial charge is 0.243 e. The van der Waals surface area contributed by atoms with Crippen LogP contribution in [0.1, 0.15) is 63.1 Å². The summed E-state index contributed by atoms with van der Waals surface area (Å²) in [5.41, 5.74) is 3.29. The van der Waals surface area contributed by atoms with Crippen LogP contribution in [0.5, 0.6) is 0 Å². The van der Waals surface area contributed by atoms with E-state index in [0.29, 0.717) is 12.8 Å².